The molecule has 1 atom stereocenters. The zero-order valence-corrected chi connectivity index (χ0v) is 13.7. The summed E-state index contributed by atoms with van der Waals surface area (Å²) in [5.74, 6) is 0.956. The predicted octanol–water partition coefficient (Wildman–Crippen LogP) is 2.94. The van der Waals surface area contributed by atoms with Gasteiger partial charge in [-0.3, -0.25) is 0 Å². The fourth-order valence-electron chi connectivity index (χ4n) is 2.36. The van der Waals surface area contributed by atoms with Gasteiger partial charge in [0, 0.05) is 16.6 Å². The smallest absolute Gasteiger partial charge is 0.127 e. The maximum absolute atomic E-state index is 5.92. The Balaban J connectivity index is 3.60. The van der Waals surface area contributed by atoms with Crippen molar-refractivity contribution in [3.05, 3.63) is 26.7 Å². The largest absolute Gasteiger partial charge is 0.496 e. The van der Waals surface area contributed by atoms with Gasteiger partial charge in [-0.2, -0.15) is 0 Å². The minimum absolute atomic E-state index is 0.163. The molecule has 1 rings (SSSR count). The molecule has 1 unspecified atom stereocenters. The zero-order chi connectivity index (χ0) is 14.0. The van der Waals surface area contributed by atoms with Crippen LogP contribution >= 0.6 is 15.9 Å². The Hall–Kier alpha value is -0.580. The van der Waals surface area contributed by atoms with Crippen LogP contribution in [0.2, 0.25) is 0 Å². The highest BCUT2D eigenvalue weighted by Crippen LogP contribution is 2.40. The average molecular weight is 315 g/mol. The molecule has 0 aliphatic carbocycles. The van der Waals surface area contributed by atoms with Gasteiger partial charge in [0.25, 0.3) is 0 Å². The van der Waals surface area contributed by atoms with Crippen molar-refractivity contribution in [3.63, 3.8) is 0 Å². The molecule has 1 aromatic carbocycles. The molecule has 0 radical (unpaired) electrons. The number of nitrogens with zero attached hydrogens (tertiary/aromatic N) is 1. The van der Waals surface area contributed by atoms with Crippen LogP contribution in [-0.2, 0) is 0 Å². The summed E-state index contributed by atoms with van der Waals surface area (Å²) in [5, 5.41) is 0. The van der Waals surface area contributed by atoms with E-state index in [-0.39, 0.29) is 6.04 Å². The normalized spacial score (nSPS) is 12.9. The highest BCUT2D eigenvalue weighted by Gasteiger charge is 2.24. The minimum atomic E-state index is 0.163. The predicted molar refractivity (Wildman–Crippen MR) is 80.4 cm³/mol. The summed E-state index contributed by atoms with van der Waals surface area (Å²) in [5.41, 5.74) is 10.7. The van der Waals surface area contributed by atoms with Crippen LogP contribution in [0.4, 0.5) is 0 Å². The number of likely N-dealkylation sites (N-methyl/N-ethyl adjacent to an activating group) is 1. The lowest BCUT2D eigenvalue weighted by Gasteiger charge is -2.29. The molecule has 18 heavy (non-hydrogen) atoms. The number of benzene rings is 1. The number of rotatable bonds is 4. The molecular weight excluding hydrogens is 292 g/mol. The number of nitrogens with two attached hydrogens (primary N) is 1. The molecule has 0 spiro atoms. The second-order valence-electron chi connectivity index (χ2n) is 4.85. The summed E-state index contributed by atoms with van der Waals surface area (Å²) in [6, 6.07) is 0.163. The molecule has 0 saturated heterocycles. The van der Waals surface area contributed by atoms with Gasteiger partial charge in [0.15, 0.2) is 0 Å². The lowest BCUT2D eigenvalue weighted by Crippen LogP contribution is -2.28. The van der Waals surface area contributed by atoms with Crippen molar-refractivity contribution in [3.8, 4) is 5.75 Å². The summed E-state index contributed by atoms with van der Waals surface area (Å²) in [6.45, 7) is 6.87. The van der Waals surface area contributed by atoms with E-state index >= 15 is 0 Å². The second-order valence-corrected chi connectivity index (χ2v) is 5.64. The third kappa shape index (κ3) is 2.56. The van der Waals surface area contributed by atoms with Gasteiger partial charge in [-0.15, -0.1) is 0 Å². The van der Waals surface area contributed by atoms with Crippen molar-refractivity contribution in [1.29, 1.82) is 0 Å². The van der Waals surface area contributed by atoms with Gasteiger partial charge >= 0.3 is 0 Å². The molecule has 0 heterocycles. The minimum Gasteiger partial charge on any atom is -0.496 e. The van der Waals surface area contributed by atoms with Crippen molar-refractivity contribution in [1.82, 2.24) is 4.90 Å². The van der Waals surface area contributed by atoms with E-state index in [0.29, 0.717) is 6.54 Å². The van der Waals surface area contributed by atoms with Crippen LogP contribution in [0.1, 0.15) is 28.3 Å². The number of hydrogen-bond donors (Lipinski definition) is 1. The summed E-state index contributed by atoms with van der Waals surface area (Å²) < 4.78 is 6.77. The summed E-state index contributed by atoms with van der Waals surface area (Å²) >= 11 is 3.68. The van der Waals surface area contributed by atoms with Crippen LogP contribution in [0.5, 0.6) is 5.75 Å². The molecule has 0 aliphatic heterocycles. The number of halogens is 1. The summed E-state index contributed by atoms with van der Waals surface area (Å²) in [7, 11) is 5.81. The molecule has 0 saturated carbocycles. The standard InChI is InChI=1S/C14H23BrN2O/c1-8-9(2)14(18-6)12(10(3)13(8)15)11(7-16)17(4)5/h11H,7,16H2,1-6H3. The first-order valence-corrected chi connectivity index (χ1v) is 6.85. The molecule has 0 fully saturated rings. The first-order chi connectivity index (χ1) is 8.36. The third-order valence-electron chi connectivity index (χ3n) is 3.59. The lowest BCUT2D eigenvalue weighted by molar-refractivity contribution is 0.293. The summed E-state index contributed by atoms with van der Waals surface area (Å²) in [4.78, 5) is 2.13. The molecule has 4 heteroatoms. The van der Waals surface area contributed by atoms with Gasteiger partial charge in [-0.05, 0) is 51.6 Å². The topological polar surface area (TPSA) is 38.5 Å². The first kappa shape index (κ1) is 15.5. The maximum Gasteiger partial charge on any atom is 0.127 e. The van der Waals surface area contributed by atoms with Crippen molar-refractivity contribution >= 4 is 15.9 Å². The maximum atomic E-state index is 5.92. The third-order valence-corrected chi connectivity index (χ3v) is 4.78. The van der Waals surface area contributed by atoms with Crippen LogP contribution in [0.15, 0.2) is 4.47 Å². The van der Waals surface area contributed by atoms with E-state index in [1.165, 1.54) is 22.3 Å². The van der Waals surface area contributed by atoms with Crippen molar-refractivity contribution in [2.75, 3.05) is 27.7 Å². The van der Waals surface area contributed by atoms with Crippen LogP contribution in [0.3, 0.4) is 0 Å². The zero-order valence-electron chi connectivity index (χ0n) is 12.1. The quantitative estimate of drug-likeness (QED) is 0.928. The molecular formula is C14H23BrN2O. The molecule has 0 amide bonds. The fourth-order valence-corrected chi connectivity index (χ4v) is 2.87. The Morgan fingerprint density at radius 3 is 2.11 bits per heavy atom. The number of ether oxygens (including phenoxy) is 1. The Kier molecular flexibility index (Phi) is 5.20. The highest BCUT2D eigenvalue weighted by atomic mass is 79.9. The van der Waals surface area contributed by atoms with Gasteiger partial charge in [0.1, 0.15) is 5.75 Å². The lowest BCUT2D eigenvalue weighted by atomic mass is 9.93. The summed E-state index contributed by atoms with van der Waals surface area (Å²) in [6.07, 6.45) is 0. The molecule has 2 N–H and O–H groups in total. The molecule has 0 bridgehead atoms. The Morgan fingerprint density at radius 1 is 1.17 bits per heavy atom. The van der Waals surface area contributed by atoms with Gasteiger partial charge in [-0.1, -0.05) is 15.9 Å². The average Bonchev–Trinajstić information content (AvgIpc) is 2.33. The van der Waals surface area contributed by atoms with E-state index in [4.69, 9.17) is 10.5 Å². The van der Waals surface area contributed by atoms with Gasteiger partial charge in [-0.25, -0.2) is 0 Å². The van der Waals surface area contributed by atoms with E-state index in [1.807, 2.05) is 14.1 Å². The fraction of sp³-hybridized carbons (Fsp3) is 0.571. The van der Waals surface area contributed by atoms with E-state index in [1.54, 1.807) is 7.11 Å². The van der Waals surface area contributed by atoms with Crippen molar-refractivity contribution in [2.45, 2.75) is 26.8 Å². The molecule has 3 nitrogen and oxygen atoms in total. The molecule has 102 valence electrons. The first-order valence-electron chi connectivity index (χ1n) is 6.06. The highest BCUT2D eigenvalue weighted by molar-refractivity contribution is 9.10. The molecule has 0 aromatic heterocycles. The van der Waals surface area contributed by atoms with Crippen molar-refractivity contribution in [2.24, 2.45) is 5.73 Å². The number of hydrogen-bond acceptors (Lipinski definition) is 3. The van der Waals surface area contributed by atoms with E-state index < -0.39 is 0 Å². The molecule has 0 aliphatic rings. The van der Waals surface area contributed by atoms with Crippen LogP contribution in [-0.4, -0.2) is 32.6 Å². The Morgan fingerprint density at radius 2 is 1.72 bits per heavy atom. The second kappa shape index (κ2) is 6.04. The van der Waals surface area contributed by atoms with E-state index in [0.717, 1.165) is 10.2 Å². The monoisotopic (exact) mass is 314 g/mol. The molecule has 1 aromatic rings. The van der Waals surface area contributed by atoms with E-state index in [9.17, 15) is 0 Å². The van der Waals surface area contributed by atoms with Crippen LogP contribution in [0.25, 0.3) is 0 Å². The van der Waals surface area contributed by atoms with Gasteiger partial charge < -0.3 is 15.4 Å². The van der Waals surface area contributed by atoms with Crippen molar-refractivity contribution < 1.29 is 4.74 Å². The van der Waals surface area contributed by atoms with Gasteiger partial charge in [0.05, 0.1) is 13.2 Å². The number of methoxy groups -OCH3 is 1. The SMILES string of the molecule is COc1c(C)c(C)c(Br)c(C)c1C(CN)N(C)C. The van der Waals surface area contributed by atoms with E-state index in [2.05, 4.69) is 41.6 Å². The Bertz CT molecular complexity index is 444. The van der Waals surface area contributed by atoms with Crippen LogP contribution < -0.4 is 10.5 Å². The van der Waals surface area contributed by atoms with Gasteiger partial charge in [0.2, 0.25) is 0 Å². The van der Waals surface area contributed by atoms with Crippen LogP contribution in [0, 0.1) is 20.8 Å². The Labute approximate surface area is 118 Å².